The van der Waals surface area contributed by atoms with Crippen molar-refractivity contribution < 1.29 is 10.1 Å². The lowest BCUT2D eigenvalue weighted by atomic mass is 10.3. The van der Waals surface area contributed by atoms with Gasteiger partial charge >= 0.3 is 0 Å². The molecule has 0 aliphatic carbocycles. The minimum Gasteiger partial charge on any atom is -0.345 e. The molecule has 0 saturated heterocycles. The van der Waals surface area contributed by atoms with Gasteiger partial charge in [0.1, 0.15) is 5.76 Å². The van der Waals surface area contributed by atoms with E-state index in [4.69, 9.17) is 5.26 Å². The third-order valence-corrected chi connectivity index (χ3v) is 1.20. The van der Waals surface area contributed by atoms with Gasteiger partial charge in [0.25, 0.3) is 0 Å². The Kier molecular flexibility index (Phi) is 5.03. The average molecular weight is 134 g/mol. The van der Waals surface area contributed by atoms with Crippen LogP contribution in [-0.2, 0) is 4.89 Å². The van der Waals surface area contributed by atoms with Gasteiger partial charge in [-0.15, -0.1) is 9.24 Å². The molecule has 0 rings (SSSR count). The lowest BCUT2D eigenvalue weighted by Crippen LogP contribution is -1.84. The zero-order valence-corrected chi connectivity index (χ0v) is 5.92. The summed E-state index contributed by atoms with van der Waals surface area (Å²) in [6.07, 6.45) is 2.74. The first-order valence-electron chi connectivity index (χ1n) is 2.50. The molecule has 0 aliphatic rings. The van der Waals surface area contributed by atoms with Crippen LogP contribution in [0, 0.1) is 0 Å². The van der Waals surface area contributed by atoms with Gasteiger partial charge in [0.05, 0.1) is 0 Å². The van der Waals surface area contributed by atoms with Gasteiger partial charge in [-0.1, -0.05) is 6.58 Å². The van der Waals surface area contributed by atoms with E-state index < -0.39 is 0 Å². The molecular weight excluding hydrogens is 123 g/mol. The Morgan fingerprint density at radius 2 is 2.38 bits per heavy atom. The van der Waals surface area contributed by atoms with Crippen molar-refractivity contribution >= 4 is 9.24 Å². The Morgan fingerprint density at radius 1 is 1.75 bits per heavy atom. The first kappa shape index (κ1) is 7.93. The van der Waals surface area contributed by atoms with Crippen LogP contribution < -0.4 is 0 Å². The van der Waals surface area contributed by atoms with Gasteiger partial charge in [-0.2, -0.15) is 0 Å². The minimum absolute atomic E-state index is 0.437. The number of allylic oxidation sites excluding steroid dienone is 1. The molecule has 0 radical (unpaired) electrons. The average Bonchev–Trinajstić information content (AvgIpc) is 1.83. The first-order chi connectivity index (χ1) is 3.81. The SMILES string of the molecule is C=C(CCCP)OO. The highest BCUT2D eigenvalue weighted by Crippen LogP contribution is 2.03. The second kappa shape index (κ2) is 5.07. The van der Waals surface area contributed by atoms with Crippen LogP contribution in [0.1, 0.15) is 12.8 Å². The highest BCUT2D eigenvalue weighted by molar-refractivity contribution is 7.16. The molecule has 0 aromatic heterocycles. The normalized spacial score (nSPS) is 8.75. The van der Waals surface area contributed by atoms with E-state index in [2.05, 4.69) is 20.7 Å². The van der Waals surface area contributed by atoms with E-state index in [1.54, 1.807) is 0 Å². The molecular formula is C5H11O2P. The van der Waals surface area contributed by atoms with Crippen LogP contribution in [0.15, 0.2) is 12.3 Å². The Morgan fingerprint density at radius 3 is 2.75 bits per heavy atom. The van der Waals surface area contributed by atoms with Crippen molar-refractivity contribution in [1.82, 2.24) is 0 Å². The van der Waals surface area contributed by atoms with Gasteiger partial charge in [-0.3, -0.25) is 0 Å². The fraction of sp³-hybridized carbons (Fsp3) is 0.600. The van der Waals surface area contributed by atoms with Gasteiger partial charge in [0.15, 0.2) is 0 Å². The standard InChI is InChI=1S/C5H11O2P/c1-5(7-6)3-2-4-8/h6H,1-4,8H2. The molecule has 1 unspecified atom stereocenters. The van der Waals surface area contributed by atoms with E-state index in [1.807, 2.05) is 0 Å². The minimum atomic E-state index is 0.437. The summed E-state index contributed by atoms with van der Waals surface area (Å²) in [5, 5.41) is 7.96. The molecule has 3 heteroatoms. The number of hydrogen-bond donors (Lipinski definition) is 1. The monoisotopic (exact) mass is 134 g/mol. The van der Waals surface area contributed by atoms with Crippen molar-refractivity contribution in [1.29, 1.82) is 0 Å². The Balaban J connectivity index is 2.99. The molecule has 0 aliphatic heterocycles. The zero-order chi connectivity index (χ0) is 6.41. The van der Waals surface area contributed by atoms with Crippen LogP contribution in [0.3, 0.4) is 0 Å². The van der Waals surface area contributed by atoms with E-state index in [9.17, 15) is 0 Å². The molecule has 2 nitrogen and oxygen atoms in total. The van der Waals surface area contributed by atoms with Crippen LogP contribution >= 0.6 is 9.24 Å². The highest BCUT2D eigenvalue weighted by Gasteiger charge is 1.89. The van der Waals surface area contributed by atoms with E-state index in [0.717, 1.165) is 19.0 Å². The summed E-state index contributed by atoms with van der Waals surface area (Å²) in [5.74, 6) is 0.437. The fourth-order valence-corrected chi connectivity index (χ4v) is 0.549. The van der Waals surface area contributed by atoms with Crippen molar-refractivity contribution in [3.05, 3.63) is 12.3 Å². The van der Waals surface area contributed by atoms with Gasteiger partial charge in [-0.05, 0) is 12.6 Å². The largest absolute Gasteiger partial charge is 0.345 e. The Labute approximate surface area is 51.7 Å². The molecule has 1 atom stereocenters. The van der Waals surface area contributed by atoms with Gasteiger partial charge < -0.3 is 4.89 Å². The quantitative estimate of drug-likeness (QED) is 0.274. The van der Waals surface area contributed by atoms with Crippen molar-refractivity contribution in [3.63, 3.8) is 0 Å². The third-order valence-electron chi connectivity index (χ3n) is 0.789. The molecule has 0 aromatic rings. The van der Waals surface area contributed by atoms with Crippen molar-refractivity contribution in [3.8, 4) is 0 Å². The summed E-state index contributed by atoms with van der Waals surface area (Å²) >= 11 is 0. The lowest BCUT2D eigenvalue weighted by molar-refractivity contribution is -0.205. The number of hydrogen-bond acceptors (Lipinski definition) is 2. The van der Waals surface area contributed by atoms with Gasteiger partial charge in [0, 0.05) is 6.42 Å². The van der Waals surface area contributed by atoms with E-state index in [0.29, 0.717) is 5.76 Å². The second-order valence-electron chi connectivity index (χ2n) is 1.52. The van der Waals surface area contributed by atoms with Gasteiger partial charge in [0.2, 0.25) is 0 Å². The topological polar surface area (TPSA) is 29.5 Å². The molecule has 0 fully saturated rings. The highest BCUT2D eigenvalue weighted by atomic mass is 31.0. The zero-order valence-electron chi connectivity index (χ0n) is 4.76. The van der Waals surface area contributed by atoms with Crippen LogP contribution in [0.25, 0.3) is 0 Å². The van der Waals surface area contributed by atoms with Crippen LogP contribution in [0.2, 0.25) is 0 Å². The molecule has 48 valence electrons. The van der Waals surface area contributed by atoms with Crippen molar-refractivity contribution in [2.75, 3.05) is 6.16 Å². The summed E-state index contributed by atoms with van der Waals surface area (Å²) in [6.45, 7) is 3.43. The molecule has 0 amide bonds. The smallest absolute Gasteiger partial charge is 0.135 e. The molecule has 0 spiro atoms. The Hall–Kier alpha value is -0.0700. The summed E-state index contributed by atoms with van der Waals surface area (Å²) in [7, 11) is 2.59. The summed E-state index contributed by atoms with van der Waals surface area (Å²) in [6, 6.07) is 0. The van der Waals surface area contributed by atoms with E-state index in [-0.39, 0.29) is 0 Å². The van der Waals surface area contributed by atoms with E-state index in [1.165, 1.54) is 0 Å². The Bertz CT molecular complexity index is 72.8. The lowest BCUT2D eigenvalue weighted by Gasteiger charge is -1.96. The molecule has 0 aromatic carbocycles. The maximum Gasteiger partial charge on any atom is 0.135 e. The number of rotatable bonds is 4. The van der Waals surface area contributed by atoms with Crippen molar-refractivity contribution in [2.45, 2.75) is 12.8 Å². The summed E-state index contributed by atoms with van der Waals surface area (Å²) < 4.78 is 0. The van der Waals surface area contributed by atoms with Crippen molar-refractivity contribution in [2.24, 2.45) is 0 Å². The molecule has 0 saturated carbocycles. The maximum absolute atomic E-state index is 7.96. The third kappa shape index (κ3) is 4.10. The second-order valence-corrected chi connectivity index (χ2v) is 2.10. The molecule has 0 heterocycles. The van der Waals surface area contributed by atoms with Crippen LogP contribution in [-0.4, -0.2) is 11.4 Å². The molecule has 1 N–H and O–H groups in total. The van der Waals surface area contributed by atoms with Gasteiger partial charge in [-0.25, -0.2) is 5.26 Å². The summed E-state index contributed by atoms with van der Waals surface area (Å²) in [5.41, 5.74) is 0. The van der Waals surface area contributed by atoms with Crippen LogP contribution in [0.4, 0.5) is 0 Å². The van der Waals surface area contributed by atoms with Crippen LogP contribution in [0.5, 0.6) is 0 Å². The maximum atomic E-state index is 7.96. The molecule has 0 bridgehead atoms. The molecule has 8 heavy (non-hydrogen) atoms. The summed E-state index contributed by atoms with van der Waals surface area (Å²) in [4.78, 5) is 3.85. The van der Waals surface area contributed by atoms with E-state index >= 15 is 0 Å². The fourth-order valence-electron chi connectivity index (χ4n) is 0.345. The first-order valence-corrected chi connectivity index (χ1v) is 3.32. The predicted molar refractivity (Wildman–Crippen MR) is 36.7 cm³/mol. The predicted octanol–water partition coefficient (Wildman–Crippen LogP) is 1.64.